The average Bonchev–Trinajstić information content (AvgIpc) is 2.67. The summed E-state index contributed by atoms with van der Waals surface area (Å²) < 4.78 is 15.2. The molecular formula is C19H20N2O7. The third-order valence-corrected chi connectivity index (χ3v) is 4.04. The monoisotopic (exact) mass is 388 g/mol. The second-order valence-electron chi connectivity index (χ2n) is 5.90. The van der Waals surface area contributed by atoms with Crippen molar-refractivity contribution in [2.45, 2.75) is 13.8 Å². The number of hydrogen-bond donors (Lipinski definition) is 1. The first-order chi connectivity index (χ1) is 13.3. The van der Waals surface area contributed by atoms with Crippen molar-refractivity contribution in [3.8, 4) is 11.5 Å². The van der Waals surface area contributed by atoms with Gasteiger partial charge in [-0.1, -0.05) is 0 Å². The van der Waals surface area contributed by atoms with Gasteiger partial charge in [0.25, 0.3) is 11.6 Å². The largest absolute Gasteiger partial charge is 0.493 e. The zero-order valence-corrected chi connectivity index (χ0v) is 15.9. The number of aryl methyl sites for hydroxylation is 2. The van der Waals surface area contributed by atoms with Crippen molar-refractivity contribution in [2.24, 2.45) is 0 Å². The Morgan fingerprint density at radius 2 is 1.68 bits per heavy atom. The maximum Gasteiger partial charge on any atom is 0.338 e. The fourth-order valence-corrected chi connectivity index (χ4v) is 2.42. The van der Waals surface area contributed by atoms with Crippen LogP contribution < -0.4 is 14.8 Å². The van der Waals surface area contributed by atoms with Gasteiger partial charge in [0.05, 0.1) is 24.7 Å². The van der Waals surface area contributed by atoms with Gasteiger partial charge in [-0.15, -0.1) is 0 Å². The first-order valence-electron chi connectivity index (χ1n) is 8.21. The molecule has 0 spiro atoms. The molecule has 0 aliphatic heterocycles. The minimum atomic E-state index is -0.745. The van der Waals surface area contributed by atoms with Crippen LogP contribution in [-0.4, -0.2) is 37.6 Å². The maximum absolute atomic E-state index is 12.1. The number of benzene rings is 2. The summed E-state index contributed by atoms with van der Waals surface area (Å²) in [5.41, 5.74) is 1.48. The molecule has 0 saturated carbocycles. The summed E-state index contributed by atoms with van der Waals surface area (Å²) in [6.45, 7) is 2.90. The molecule has 2 aromatic rings. The van der Waals surface area contributed by atoms with Crippen LogP contribution in [0.25, 0.3) is 0 Å². The van der Waals surface area contributed by atoms with Crippen molar-refractivity contribution in [1.29, 1.82) is 0 Å². The van der Waals surface area contributed by atoms with Gasteiger partial charge in [0, 0.05) is 6.07 Å². The topological polar surface area (TPSA) is 117 Å². The summed E-state index contributed by atoms with van der Waals surface area (Å²) in [6, 6.07) is 7.30. The predicted octanol–water partition coefficient (Wildman–Crippen LogP) is 3.02. The van der Waals surface area contributed by atoms with Crippen LogP contribution in [0.3, 0.4) is 0 Å². The number of esters is 1. The molecule has 1 amide bonds. The van der Waals surface area contributed by atoms with E-state index in [1.807, 2.05) is 0 Å². The van der Waals surface area contributed by atoms with Gasteiger partial charge in [-0.2, -0.15) is 0 Å². The summed E-state index contributed by atoms with van der Waals surface area (Å²) in [6.07, 6.45) is 0. The molecule has 1 N–H and O–H groups in total. The van der Waals surface area contributed by atoms with Crippen LogP contribution in [0.15, 0.2) is 30.3 Å². The van der Waals surface area contributed by atoms with E-state index in [4.69, 9.17) is 14.2 Å². The molecule has 0 saturated heterocycles. The van der Waals surface area contributed by atoms with Gasteiger partial charge in [0.2, 0.25) is 0 Å². The molecule has 0 aliphatic carbocycles. The lowest BCUT2D eigenvalue weighted by atomic mass is 10.1. The van der Waals surface area contributed by atoms with Crippen LogP contribution in [0.5, 0.6) is 11.5 Å². The van der Waals surface area contributed by atoms with E-state index in [0.717, 1.165) is 11.1 Å². The third kappa shape index (κ3) is 4.76. The molecule has 28 heavy (non-hydrogen) atoms. The van der Waals surface area contributed by atoms with Gasteiger partial charge in [0.1, 0.15) is 5.69 Å². The molecule has 0 atom stereocenters. The number of nitrogens with one attached hydrogen (secondary N) is 1. The standard InChI is InChI=1S/C19H20N2O7/c1-11-7-14(15(21(24)25)8-12(11)2)20-18(22)10-28-19(23)13-5-6-16(26-3)17(9-13)27-4/h5-9H,10H2,1-4H3,(H,20,22). The Hall–Kier alpha value is -3.62. The quantitative estimate of drug-likeness (QED) is 0.440. The number of rotatable bonds is 7. The van der Waals surface area contributed by atoms with Crippen LogP contribution in [0.2, 0.25) is 0 Å². The van der Waals surface area contributed by atoms with Crippen LogP contribution in [0, 0.1) is 24.0 Å². The van der Waals surface area contributed by atoms with E-state index in [9.17, 15) is 19.7 Å². The Bertz CT molecular complexity index is 925. The molecule has 2 rings (SSSR count). The molecule has 0 bridgehead atoms. The van der Waals surface area contributed by atoms with E-state index in [0.29, 0.717) is 11.5 Å². The van der Waals surface area contributed by atoms with E-state index in [1.54, 1.807) is 13.8 Å². The summed E-state index contributed by atoms with van der Waals surface area (Å²) in [5, 5.41) is 13.6. The Kier molecular flexibility index (Phi) is 6.54. The van der Waals surface area contributed by atoms with Gasteiger partial charge in [-0.25, -0.2) is 4.79 Å². The molecule has 2 aromatic carbocycles. The number of nitro benzene ring substituents is 1. The van der Waals surface area contributed by atoms with Crippen LogP contribution in [0.1, 0.15) is 21.5 Å². The zero-order chi connectivity index (χ0) is 20.8. The van der Waals surface area contributed by atoms with Gasteiger partial charge in [-0.05, 0) is 49.2 Å². The lowest BCUT2D eigenvalue weighted by Gasteiger charge is -2.11. The lowest BCUT2D eigenvalue weighted by molar-refractivity contribution is -0.384. The third-order valence-electron chi connectivity index (χ3n) is 4.04. The zero-order valence-electron chi connectivity index (χ0n) is 15.9. The summed E-state index contributed by atoms with van der Waals surface area (Å²) >= 11 is 0. The molecule has 0 fully saturated rings. The first kappa shape index (κ1) is 20.7. The number of anilines is 1. The van der Waals surface area contributed by atoms with Gasteiger partial charge < -0.3 is 19.5 Å². The summed E-state index contributed by atoms with van der Waals surface area (Å²) in [5.74, 6) is -0.656. The number of nitro groups is 1. The SMILES string of the molecule is COc1ccc(C(=O)OCC(=O)Nc2cc(C)c(C)cc2[N+](=O)[O-])cc1OC. The normalized spacial score (nSPS) is 10.1. The van der Waals surface area contributed by atoms with Gasteiger partial charge >= 0.3 is 5.97 Å². The van der Waals surface area contributed by atoms with Gasteiger partial charge in [0.15, 0.2) is 18.1 Å². The molecular weight excluding hydrogens is 368 g/mol. The van der Waals surface area contributed by atoms with Crippen molar-refractivity contribution in [3.63, 3.8) is 0 Å². The Labute approximate surface area is 161 Å². The van der Waals surface area contributed by atoms with Crippen LogP contribution in [0.4, 0.5) is 11.4 Å². The fourth-order valence-electron chi connectivity index (χ4n) is 2.42. The van der Waals surface area contributed by atoms with Crippen molar-refractivity contribution >= 4 is 23.3 Å². The van der Waals surface area contributed by atoms with Crippen LogP contribution >= 0.6 is 0 Å². The number of carbonyl (C=O) groups is 2. The van der Waals surface area contributed by atoms with Gasteiger partial charge in [-0.3, -0.25) is 14.9 Å². The predicted molar refractivity (Wildman–Crippen MR) is 101 cm³/mol. The number of carbonyl (C=O) groups excluding carboxylic acids is 2. The highest BCUT2D eigenvalue weighted by atomic mass is 16.6. The highest BCUT2D eigenvalue weighted by Gasteiger charge is 2.19. The Morgan fingerprint density at radius 1 is 1.04 bits per heavy atom. The smallest absolute Gasteiger partial charge is 0.338 e. The Morgan fingerprint density at radius 3 is 2.29 bits per heavy atom. The number of hydrogen-bond acceptors (Lipinski definition) is 7. The highest BCUT2D eigenvalue weighted by molar-refractivity contribution is 5.97. The van der Waals surface area contributed by atoms with E-state index in [1.165, 1.54) is 44.6 Å². The molecule has 0 heterocycles. The minimum Gasteiger partial charge on any atom is -0.493 e. The molecule has 9 nitrogen and oxygen atoms in total. The second-order valence-corrected chi connectivity index (χ2v) is 5.90. The molecule has 0 unspecified atom stereocenters. The van der Waals surface area contributed by atoms with Crippen LogP contribution in [-0.2, 0) is 9.53 Å². The lowest BCUT2D eigenvalue weighted by Crippen LogP contribution is -2.21. The second kappa shape index (κ2) is 8.85. The maximum atomic E-state index is 12.1. The number of methoxy groups -OCH3 is 2. The molecule has 0 aromatic heterocycles. The molecule has 0 radical (unpaired) electrons. The van der Waals surface area contributed by atoms with Crippen molar-refractivity contribution in [1.82, 2.24) is 0 Å². The van der Waals surface area contributed by atoms with E-state index >= 15 is 0 Å². The average molecular weight is 388 g/mol. The summed E-state index contributed by atoms with van der Waals surface area (Å²) in [7, 11) is 2.89. The summed E-state index contributed by atoms with van der Waals surface area (Å²) in [4.78, 5) is 34.8. The molecule has 9 heteroatoms. The van der Waals surface area contributed by atoms with E-state index < -0.39 is 23.4 Å². The van der Waals surface area contributed by atoms with Crippen molar-refractivity contribution in [3.05, 3.63) is 57.1 Å². The number of ether oxygens (including phenoxy) is 3. The first-order valence-corrected chi connectivity index (χ1v) is 8.21. The Balaban J connectivity index is 2.06. The van der Waals surface area contributed by atoms with Crippen molar-refractivity contribution in [2.75, 3.05) is 26.1 Å². The van der Waals surface area contributed by atoms with Crippen molar-refractivity contribution < 1.29 is 28.7 Å². The number of amides is 1. The van der Waals surface area contributed by atoms with E-state index in [2.05, 4.69) is 5.32 Å². The fraction of sp³-hybridized carbons (Fsp3) is 0.263. The van der Waals surface area contributed by atoms with E-state index in [-0.39, 0.29) is 16.9 Å². The minimum absolute atomic E-state index is 0.0419. The molecule has 0 aliphatic rings. The highest BCUT2D eigenvalue weighted by Crippen LogP contribution is 2.29. The number of nitrogens with zero attached hydrogens (tertiary/aromatic N) is 1. The molecule has 148 valence electrons.